The van der Waals surface area contributed by atoms with Crippen LogP contribution < -0.4 is 10.6 Å². The van der Waals surface area contributed by atoms with E-state index in [9.17, 15) is 19.5 Å². The van der Waals surface area contributed by atoms with Gasteiger partial charge in [0.05, 0.1) is 0 Å². The number of unbranched alkanes of at least 4 members (excludes halogenated alkanes) is 1. The van der Waals surface area contributed by atoms with E-state index in [0.29, 0.717) is 19.4 Å². The number of carboxylic acids is 1. The summed E-state index contributed by atoms with van der Waals surface area (Å²) in [7, 11) is 0. The number of carbonyl (C=O) groups excluding carboxylic acids is 2. The van der Waals surface area contributed by atoms with Crippen LogP contribution in [-0.4, -0.2) is 48.1 Å². The number of aliphatic carboxylic acids is 1. The lowest BCUT2D eigenvalue weighted by Gasteiger charge is -2.22. The Balaban J connectivity index is 1.40. The van der Waals surface area contributed by atoms with Crippen molar-refractivity contribution in [3.05, 3.63) is 59.7 Å². The van der Waals surface area contributed by atoms with E-state index in [-0.39, 0.29) is 18.9 Å². The number of nitrogens with one attached hydrogen (secondary N) is 2. The molecule has 0 radical (unpaired) electrons. The van der Waals surface area contributed by atoms with Gasteiger partial charge in [0.15, 0.2) is 0 Å². The Kier molecular flexibility index (Phi) is 8.15. The number of alkyl carbamates (subject to hydrolysis) is 2. The van der Waals surface area contributed by atoms with Gasteiger partial charge in [0.2, 0.25) is 0 Å². The third kappa shape index (κ3) is 6.73. The van der Waals surface area contributed by atoms with Crippen LogP contribution in [0.15, 0.2) is 48.5 Å². The Morgan fingerprint density at radius 2 is 1.53 bits per heavy atom. The lowest BCUT2D eigenvalue weighted by atomic mass is 9.98. The van der Waals surface area contributed by atoms with E-state index in [2.05, 4.69) is 34.9 Å². The zero-order valence-electron chi connectivity index (χ0n) is 19.8. The van der Waals surface area contributed by atoms with Gasteiger partial charge in [-0.15, -0.1) is 0 Å². The zero-order chi connectivity index (χ0) is 24.7. The fraction of sp³-hybridized carbons (Fsp3) is 0.423. The van der Waals surface area contributed by atoms with Gasteiger partial charge in [0, 0.05) is 12.5 Å². The second-order valence-electron chi connectivity index (χ2n) is 9.29. The normalized spacial score (nSPS) is 13.4. The molecule has 0 saturated heterocycles. The summed E-state index contributed by atoms with van der Waals surface area (Å²) < 4.78 is 10.6. The number of carboxylic acid groups (broad SMARTS) is 1. The van der Waals surface area contributed by atoms with Crippen LogP contribution in [0.25, 0.3) is 11.1 Å². The molecule has 8 nitrogen and oxygen atoms in total. The van der Waals surface area contributed by atoms with Gasteiger partial charge >= 0.3 is 18.2 Å². The van der Waals surface area contributed by atoms with Crippen LogP contribution in [0.4, 0.5) is 9.59 Å². The third-order valence-electron chi connectivity index (χ3n) is 5.52. The molecule has 0 fully saturated rings. The van der Waals surface area contributed by atoms with Gasteiger partial charge in [-0.3, -0.25) is 0 Å². The Hall–Kier alpha value is -3.55. The maximum atomic E-state index is 12.2. The van der Waals surface area contributed by atoms with E-state index in [1.54, 1.807) is 20.8 Å². The van der Waals surface area contributed by atoms with Gasteiger partial charge in [-0.25, -0.2) is 14.4 Å². The fourth-order valence-electron chi connectivity index (χ4n) is 4.02. The van der Waals surface area contributed by atoms with Gasteiger partial charge in [-0.2, -0.15) is 0 Å². The minimum Gasteiger partial charge on any atom is -0.480 e. The molecule has 2 aromatic carbocycles. The standard InChI is InChI=1S/C26H32N2O6/c1-26(2,3)34-25(32)28-22(23(29)30)14-8-9-15-27-24(31)33-16-21-19-12-6-4-10-17(19)18-11-5-7-13-20(18)21/h4-7,10-13,21-22H,8-9,14-16H2,1-3H3,(H,27,31)(H,28,32)(H,29,30). The van der Waals surface area contributed by atoms with Gasteiger partial charge < -0.3 is 25.2 Å². The average molecular weight is 469 g/mol. The van der Waals surface area contributed by atoms with Crippen LogP contribution in [-0.2, 0) is 14.3 Å². The quantitative estimate of drug-likeness (QED) is 0.461. The highest BCUT2D eigenvalue weighted by atomic mass is 16.6. The summed E-state index contributed by atoms with van der Waals surface area (Å²) >= 11 is 0. The summed E-state index contributed by atoms with van der Waals surface area (Å²) in [4.78, 5) is 35.4. The molecule has 0 heterocycles. The monoisotopic (exact) mass is 468 g/mol. The van der Waals surface area contributed by atoms with E-state index >= 15 is 0 Å². The molecule has 1 aliphatic carbocycles. The average Bonchev–Trinajstić information content (AvgIpc) is 3.09. The molecule has 182 valence electrons. The number of carbonyl (C=O) groups is 3. The topological polar surface area (TPSA) is 114 Å². The van der Waals surface area contributed by atoms with Gasteiger partial charge in [-0.05, 0) is 62.3 Å². The number of benzene rings is 2. The molecule has 0 aliphatic heterocycles. The highest BCUT2D eigenvalue weighted by Crippen LogP contribution is 2.44. The van der Waals surface area contributed by atoms with Crippen molar-refractivity contribution in [2.75, 3.05) is 13.2 Å². The second kappa shape index (κ2) is 11.0. The number of hydrogen-bond acceptors (Lipinski definition) is 5. The van der Waals surface area contributed by atoms with E-state index in [4.69, 9.17) is 9.47 Å². The maximum absolute atomic E-state index is 12.2. The summed E-state index contributed by atoms with van der Waals surface area (Å²) in [6.45, 7) is 5.70. The van der Waals surface area contributed by atoms with E-state index in [0.717, 1.165) is 11.1 Å². The van der Waals surface area contributed by atoms with Crippen LogP contribution in [0.1, 0.15) is 57.1 Å². The molecule has 1 atom stereocenters. The maximum Gasteiger partial charge on any atom is 0.408 e. The van der Waals surface area contributed by atoms with Crippen molar-refractivity contribution in [1.29, 1.82) is 0 Å². The summed E-state index contributed by atoms with van der Waals surface area (Å²) in [5.41, 5.74) is 3.92. The molecule has 0 saturated carbocycles. The molecule has 0 bridgehead atoms. The first-order valence-electron chi connectivity index (χ1n) is 11.5. The molecule has 1 unspecified atom stereocenters. The molecule has 2 amide bonds. The van der Waals surface area contributed by atoms with Gasteiger partial charge in [0.1, 0.15) is 18.2 Å². The molecule has 3 rings (SSSR count). The highest BCUT2D eigenvalue weighted by molar-refractivity contribution is 5.80. The number of amides is 2. The molecule has 2 aromatic rings. The molecular weight excluding hydrogens is 436 g/mol. The predicted octanol–water partition coefficient (Wildman–Crippen LogP) is 4.67. The smallest absolute Gasteiger partial charge is 0.408 e. The third-order valence-corrected chi connectivity index (χ3v) is 5.52. The molecule has 0 spiro atoms. The SMILES string of the molecule is CC(C)(C)OC(=O)NC(CCCCNC(=O)OCC1c2ccccc2-c2ccccc21)C(=O)O. The second-order valence-corrected chi connectivity index (χ2v) is 9.29. The lowest BCUT2D eigenvalue weighted by molar-refractivity contribution is -0.139. The van der Waals surface area contributed by atoms with Crippen molar-refractivity contribution in [2.24, 2.45) is 0 Å². The molecule has 1 aliphatic rings. The largest absolute Gasteiger partial charge is 0.480 e. The minimum absolute atomic E-state index is 0.00611. The first-order chi connectivity index (χ1) is 16.2. The molecule has 3 N–H and O–H groups in total. The fourth-order valence-corrected chi connectivity index (χ4v) is 4.02. The molecule has 8 heteroatoms. The van der Waals surface area contributed by atoms with E-state index in [1.807, 2.05) is 24.3 Å². The van der Waals surface area contributed by atoms with Crippen molar-refractivity contribution < 1.29 is 29.0 Å². The zero-order valence-corrected chi connectivity index (χ0v) is 19.8. The number of ether oxygens (including phenoxy) is 2. The Morgan fingerprint density at radius 3 is 2.09 bits per heavy atom. The predicted molar refractivity (Wildman–Crippen MR) is 128 cm³/mol. The van der Waals surface area contributed by atoms with Crippen molar-refractivity contribution in [1.82, 2.24) is 10.6 Å². The van der Waals surface area contributed by atoms with Crippen molar-refractivity contribution in [3.63, 3.8) is 0 Å². The summed E-state index contributed by atoms with van der Waals surface area (Å²) in [5.74, 6) is -1.14. The van der Waals surface area contributed by atoms with Crippen LogP contribution >= 0.6 is 0 Å². The van der Waals surface area contributed by atoms with Crippen molar-refractivity contribution in [3.8, 4) is 11.1 Å². The first kappa shape index (κ1) is 25.1. The van der Waals surface area contributed by atoms with Crippen LogP contribution in [0.2, 0.25) is 0 Å². The molecular formula is C26H32N2O6. The lowest BCUT2D eigenvalue weighted by Crippen LogP contribution is -2.43. The van der Waals surface area contributed by atoms with E-state index in [1.165, 1.54) is 11.1 Å². The number of rotatable bonds is 9. The Morgan fingerprint density at radius 1 is 0.941 bits per heavy atom. The Labute approximate surface area is 199 Å². The number of fused-ring (bicyclic) bond motifs is 3. The van der Waals surface area contributed by atoms with Crippen LogP contribution in [0.5, 0.6) is 0 Å². The van der Waals surface area contributed by atoms with Crippen LogP contribution in [0, 0.1) is 0 Å². The molecule has 34 heavy (non-hydrogen) atoms. The Bertz CT molecular complexity index is 984. The first-order valence-corrected chi connectivity index (χ1v) is 11.5. The minimum atomic E-state index is -1.13. The summed E-state index contributed by atoms with van der Waals surface area (Å²) in [6, 6.07) is 15.2. The summed E-state index contributed by atoms with van der Waals surface area (Å²) in [6.07, 6.45) is -0.0124. The van der Waals surface area contributed by atoms with Gasteiger partial charge in [0.25, 0.3) is 0 Å². The van der Waals surface area contributed by atoms with Crippen molar-refractivity contribution in [2.45, 2.75) is 57.6 Å². The molecule has 0 aromatic heterocycles. The van der Waals surface area contributed by atoms with Gasteiger partial charge in [-0.1, -0.05) is 48.5 Å². The van der Waals surface area contributed by atoms with Crippen molar-refractivity contribution >= 4 is 18.2 Å². The summed E-state index contributed by atoms with van der Waals surface area (Å²) in [5, 5.41) is 14.4. The van der Waals surface area contributed by atoms with Crippen LogP contribution in [0.3, 0.4) is 0 Å². The number of hydrogen-bond donors (Lipinski definition) is 3. The van der Waals surface area contributed by atoms with E-state index < -0.39 is 29.8 Å². The highest BCUT2D eigenvalue weighted by Gasteiger charge is 2.29.